The van der Waals surface area contributed by atoms with Crippen LogP contribution in [0.1, 0.15) is 39.2 Å². The molecule has 0 aliphatic heterocycles. The lowest BCUT2D eigenvalue weighted by atomic mass is 10.2. The van der Waals surface area contributed by atoms with Crippen LogP contribution in [0.2, 0.25) is 0 Å². The van der Waals surface area contributed by atoms with Crippen LogP contribution in [0.3, 0.4) is 0 Å². The SMILES string of the molecule is CCN(CC)S(=O)(=O)c1cc(NC(=O)CCC(C)N)ccc1C. The van der Waals surface area contributed by atoms with Crippen LogP contribution in [0.5, 0.6) is 0 Å². The number of anilines is 1. The van der Waals surface area contributed by atoms with Gasteiger partial charge in [-0.25, -0.2) is 8.42 Å². The first-order valence-corrected chi connectivity index (χ1v) is 9.32. The summed E-state index contributed by atoms with van der Waals surface area (Å²) in [5.41, 5.74) is 6.77. The minimum atomic E-state index is -3.55. The van der Waals surface area contributed by atoms with Crippen LogP contribution in [0.25, 0.3) is 0 Å². The van der Waals surface area contributed by atoms with Gasteiger partial charge in [0.2, 0.25) is 15.9 Å². The molecule has 1 unspecified atom stereocenters. The molecule has 1 aromatic carbocycles. The van der Waals surface area contributed by atoms with Crippen molar-refractivity contribution in [3.8, 4) is 0 Å². The number of rotatable bonds is 8. The molecule has 0 aliphatic rings. The van der Waals surface area contributed by atoms with Gasteiger partial charge >= 0.3 is 0 Å². The van der Waals surface area contributed by atoms with Crippen LogP contribution < -0.4 is 11.1 Å². The van der Waals surface area contributed by atoms with Gasteiger partial charge in [0, 0.05) is 31.2 Å². The molecule has 0 radical (unpaired) electrons. The Bertz CT molecular complexity index is 638. The summed E-state index contributed by atoms with van der Waals surface area (Å²) in [5, 5.41) is 2.73. The van der Waals surface area contributed by atoms with E-state index in [2.05, 4.69) is 5.32 Å². The fourth-order valence-electron chi connectivity index (χ4n) is 2.24. The smallest absolute Gasteiger partial charge is 0.243 e. The van der Waals surface area contributed by atoms with Crippen molar-refractivity contribution in [1.82, 2.24) is 4.31 Å². The average molecular weight is 341 g/mol. The van der Waals surface area contributed by atoms with E-state index in [9.17, 15) is 13.2 Å². The summed E-state index contributed by atoms with van der Waals surface area (Å²) in [6.45, 7) is 8.00. The highest BCUT2D eigenvalue weighted by molar-refractivity contribution is 7.89. The normalized spacial score (nSPS) is 13.1. The largest absolute Gasteiger partial charge is 0.328 e. The maximum Gasteiger partial charge on any atom is 0.243 e. The summed E-state index contributed by atoms with van der Waals surface area (Å²) >= 11 is 0. The first-order valence-electron chi connectivity index (χ1n) is 7.88. The van der Waals surface area contributed by atoms with Crippen LogP contribution in [-0.2, 0) is 14.8 Å². The van der Waals surface area contributed by atoms with E-state index in [4.69, 9.17) is 5.73 Å². The molecule has 0 aliphatic carbocycles. The van der Waals surface area contributed by atoms with Gasteiger partial charge in [-0.2, -0.15) is 4.31 Å². The van der Waals surface area contributed by atoms with Gasteiger partial charge in [0.25, 0.3) is 0 Å². The standard InChI is InChI=1S/C16H27N3O3S/c1-5-19(6-2)23(21,22)15-11-14(9-7-12(15)3)18-16(20)10-8-13(4)17/h7,9,11,13H,5-6,8,10,17H2,1-4H3,(H,18,20). The van der Waals surface area contributed by atoms with E-state index in [1.165, 1.54) is 10.4 Å². The summed E-state index contributed by atoms with van der Waals surface area (Å²) in [6.07, 6.45) is 0.895. The summed E-state index contributed by atoms with van der Waals surface area (Å²) < 4.78 is 26.7. The third kappa shape index (κ3) is 5.30. The number of hydrogen-bond acceptors (Lipinski definition) is 4. The van der Waals surface area contributed by atoms with Crippen molar-refractivity contribution >= 4 is 21.6 Å². The van der Waals surface area contributed by atoms with E-state index in [0.29, 0.717) is 37.2 Å². The number of nitrogens with zero attached hydrogens (tertiary/aromatic N) is 1. The molecule has 3 N–H and O–H groups in total. The van der Waals surface area contributed by atoms with Crippen molar-refractivity contribution in [1.29, 1.82) is 0 Å². The minimum absolute atomic E-state index is 0.0441. The lowest BCUT2D eigenvalue weighted by molar-refractivity contribution is -0.116. The zero-order valence-corrected chi connectivity index (χ0v) is 15.1. The van der Waals surface area contributed by atoms with E-state index in [1.54, 1.807) is 32.9 Å². The predicted octanol–water partition coefficient (Wildman–Crippen LogP) is 2.09. The molecule has 1 rings (SSSR count). The van der Waals surface area contributed by atoms with E-state index < -0.39 is 10.0 Å². The molecule has 6 nitrogen and oxygen atoms in total. The van der Waals surface area contributed by atoms with Gasteiger partial charge in [-0.3, -0.25) is 4.79 Å². The zero-order valence-electron chi connectivity index (χ0n) is 14.3. The van der Waals surface area contributed by atoms with Crippen LogP contribution in [0.4, 0.5) is 5.69 Å². The Morgan fingerprint density at radius 3 is 2.43 bits per heavy atom. The minimum Gasteiger partial charge on any atom is -0.328 e. The first-order chi connectivity index (χ1) is 10.7. The Hall–Kier alpha value is -1.44. The molecule has 0 heterocycles. The molecule has 0 saturated heterocycles. The van der Waals surface area contributed by atoms with Crippen LogP contribution in [-0.4, -0.2) is 37.8 Å². The van der Waals surface area contributed by atoms with Gasteiger partial charge in [-0.15, -0.1) is 0 Å². The number of nitrogens with one attached hydrogen (secondary N) is 1. The van der Waals surface area contributed by atoms with E-state index >= 15 is 0 Å². The number of aryl methyl sites for hydroxylation is 1. The molecule has 0 bridgehead atoms. The Labute approximate surface area is 139 Å². The van der Waals surface area contributed by atoms with Crippen LogP contribution in [0, 0.1) is 6.92 Å². The maximum absolute atomic E-state index is 12.7. The van der Waals surface area contributed by atoms with Gasteiger partial charge in [0.05, 0.1) is 4.90 Å². The fourth-order valence-corrected chi connectivity index (χ4v) is 3.95. The van der Waals surface area contributed by atoms with Gasteiger partial charge in [-0.05, 0) is 38.0 Å². The summed E-state index contributed by atoms with van der Waals surface area (Å²) in [7, 11) is -3.55. The second-order valence-corrected chi connectivity index (χ2v) is 7.54. The molecule has 0 saturated carbocycles. The molecule has 1 amide bonds. The lowest BCUT2D eigenvalue weighted by Gasteiger charge is -2.20. The number of benzene rings is 1. The molecular formula is C16H27N3O3S. The highest BCUT2D eigenvalue weighted by Crippen LogP contribution is 2.23. The number of amides is 1. The molecule has 130 valence electrons. The van der Waals surface area contributed by atoms with Gasteiger partial charge < -0.3 is 11.1 Å². The Balaban J connectivity index is 3.02. The molecule has 0 fully saturated rings. The van der Waals surface area contributed by atoms with Gasteiger partial charge in [-0.1, -0.05) is 19.9 Å². The number of carbonyl (C=O) groups excluding carboxylic acids is 1. The fraction of sp³-hybridized carbons (Fsp3) is 0.562. The number of carbonyl (C=O) groups is 1. The van der Waals surface area contributed by atoms with Crippen molar-refractivity contribution in [3.05, 3.63) is 23.8 Å². The van der Waals surface area contributed by atoms with Crippen molar-refractivity contribution in [3.63, 3.8) is 0 Å². The summed E-state index contributed by atoms with van der Waals surface area (Å²) in [5.74, 6) is -0.169. The monoisotopic (exact) mass is 341 g/mol. The van der Waals surface area contributed by atoms with Crippen LogP contribution >= 0.6 is 0 Å². The van der Waals surface area contributed by atoms with Crippen molar-refractivity contribution in [2.45, 2.75) is 51.5 Å². The quantitative estimate of drug-likeness (QED) is 0.757. The number of nitrogens with two attached hydrogens (primary N) is 1. The molecular weight excluding hydrogens is 314 g/mol. The third-order valence-corrected chi connectivity index (χ3v) is 5.81. The maximum atomic E-state index is 12.7. The van der Waals surface area contributed by atoms with Gasteiger partial charge in [0.15, 0.2) is 0 Å². The first kappa shape index (κ1) is 19.6. The predicted molar refractivity (Wildman–Crippen MR) is 92.8 cm³/mol. The second-order valence-electron chi connectivity index (χ2n) is 5.63. The number of sulfonamides is 1. The van der Waals surface area contributed by atoms with Crippen molar-refractivity contribution in [2.75, 3.05) is 18.4 Å². The molecule has 7 heteroatoms. The molecule has 0 spiro atoms. The van der Waals surface area contributed by atoms with E-state index in [0.717, 1.165) is 0 Å². The molecule has 23 heavy (non-hydrogen) atoms. The van der Waals surface area contributed by atoms with E-state index in [-0.39, 0.29) is 16.8 Å². The van der Waals surface area contributed by atoms with Gasteiger partial charge in [0.1, 0.15) is 0 Å². The zero-order chi connectivity index (χ0) is 17.6. The third-order valence-electron chi connectivity index (χ3n) is 3.62. The molecule has 1 atom stereocenters. The molecule has 0 aromatic heterocycles. The average Bonchev–Trinajstić information content (AvgIpc) is 2.48. The Morgan fingerprint density at radius 2 is 1.91 bits per heavy atom. The Kier molecular flexibility index (Phi) is 7.18. The highest BCUT2D eigenvalue weighted by Gasteiger charge is 2.24. The van der Waals surface area contributed by atoms with E-state index in [1.807, 2.05) is 6.92 Å². The van der Waals surface area contributed by atoms with Crippen molar-refractivity contribution < 1.29 is 13.2 Å². The molecule has 1 aromatic rings. The lowest BCUT2D eigenvalue weighted by Crippen LogP contribution is -2.31. The van der Waals surface area contributed by atoms with Crippen molar-refractivity contribution in [2.24, 2.45) is 5.73 Å². The Morgan fingerprint density at radius 1 is 1.30 bits per heavy atom. The topological polar surface area (TPSA) is 92.5 Å². The second kappa shape index (κ2) is 8.42. The summed E-state index contributed by atoms with van der Waals surface area (Å²) in [4.78, 5) is 12.1. The number of hydrogen-bond donors (Lipinski definition) is 2. The highest BCUT2D eigenvalue weighted by atomic mass is 32.2. The summed E-state index contributed by atoms with van der Waals surface area (Å²) in [6, 6.07) is 4.89. The van der Waals surface area contributed by atoms with Crippen LogP contribution in [0.15, 0.2) is 23.1 Å².